The van der Waals surface area contributed by atoms with Crippen molar-refractivity contribution in [3.8, 4) is 0 Å². The maximum Gasteiger partial charge on any atom is 0.0223 e. The molecule has 1 saturated heterocycles. The number of likely N-dealkylation sites (tertiary alicyclic amines) is 1. The van der Waals surface area contributed by atoms with Crippen LogP contribution in [-0.2, 0) is 0 Å². The summed E-state index contributed by atoms with van der Waals surface area (Å²) in [4.78, 5) is 5.32. The first-order chi connectivity index (χ1) is 10.2. The van der Waals surface area contributed by atoms with E-state index in [2.05, 4.69) is 36.1 Å². The molecule has 0 amide bonds. The van der Waals surface area contributed by atoms with E-state index < -0.39 is 0 Å². The topological polar surface area (TPSA) is 18.5 Å². The molecule has 2 rings (SSSR count). The Balaban J connectivity index is 1.89. The average molecular weight is 296 g/mol. The first-order valence-corrected chi connectivity index (χ1v) is 9.26. The molecule has 1 heterocycles. The fraction of sp³-hybridized carbons (Fsp3) is 1.00. The van der Waals surface area contributed by atoms with Gasteiger partial charge in [0, 0.05) is 25.7 Å². The van der Waals surface area contributed by atoms with E-state index in [0.717, 1.165) is 6.04 Å². The van der Waals surface area contributed by atoms with Crippen molar-refractivity contribution in [1.29, 1.82) is 0 Å². The van der Waals surface area contributed by atoms with Crippen LogP contribution in [0.25, 0.3) is 0 Å². The summed E-state index contributed by atoms with van der Waals surface area (Å²) in [6.07, 6.45) is 11.4. The van der Waals surface area contributed by atoms with Crippen LogP contribution in [0.15, 0.2) is 0 Å². The summed E-state index contributed by atoms with van der Waals surface area (Å²) in [5, 5.41) is 3.49. The molecule has 124 valence electrons. The fourth-order valence-electron chi connectivity index (χ4n) is 4.76. The SMILES string of the molecule is CCN1CCCC1CN(C)CC1(CNC)CCCCCC1. The lowest BCUT2D eigenvalue weighted by Crippen LogP contribution is -2.46. The zero-order valence-electron chi connectivity index (χ0n) is 14.7. The monoisotopic (exact) mass is 295 g/mol. The zero-order chi connectivity index (χ0) is 15.1. The number of likely N-dealkylation sites (N-methyl/N-ethyl adjacent to an activating group) is 2. The van der Waals surface area contributed by atoms with E-state index in [1.54, 1.807) is 0 Å². The Kier molecular flexibility index (Phi) is 6.97. The predicted octanol–water partition coefficient (Wildman–Crippen LogP) is 2.96. The first-order valence-electron chi connectivity index (χ1n) is 9.26. The molecule has 0 aromatic heterocycles. The summed E-state index contributed by atoms with van der Waals surface area (Å²) in [6, 6.07) is 0.803. The highest BCUT2D eigenvalue weighted by Crippen LogP contribution is 2.35. The van der Waals surface area contributed by atoms with Gasteiger partial charge in [0.25, 0.3) is 0 Å². The van der Waals surface area contributed by atoms with Gasteiger partial charge in [0.05, 0.1) is 0 Å². The van der Waals surface area contributed by atoms with Gasteiger partial charge in [-0.2, -0.15) is 0 Å². The van der Waals surface area contributed by atoms with Gasteiger partial charge in [-0.05, 0) is 58.3 Å². The molecule has 0 radical (unpaired) electrons. The molecule has 0 aromatic rings. The molecule has 1 unspecified atom stereocenters. The maximum absolute atomic E-state index is 3.49. The second-order valence-corrected chi connectivity index (χ2v) is 7.57. The predicted molar refractivity (Wildman–Crippen MR) is 91.8 cm³/mol. The molecule has 2 fully saturated rings. The van der Waals surface area contributed by atoms with Crippen LogP contribution in [0, 0.1) is 5.41 Å². The molecule has 0 bridgehead atoms. The van der Waals surface area contributed by atoms with Crippen molar-refractivity contribution in [2.24, 2.45) is 5.41 Å². The number of hydrogen-bond acceptors (Lipinski definition) is 3. The molecule has 3 nitrogen and oxygen atoms in total. The van der Waals surface area contributed by atoms with Crippen molar-refractivity contribution in [2.45, 2.75) is 64.3 Å². The van der Waals surface area contributed by atoms with E-state index in [9.17, 15) is 0 Å². The Bertz CT molecular complexity index is 284. The smallest absolute Gasteiger partial charge is 0.0223 e. The molecule has 0 spiro atoms. The lowest BCUT2D eigenvalue weighted by molar-refractivity contribution is 0.121. The van der Waals surface area contributed by atoms with Crippen molar-refractivity contribution in [3.05, 3.63) is 0 Å². The molecule has 1 N–H and O–H groups in total. The molecule has 2 aliphatic rings. The van der Waals surface area contributed by atoms with Gasteiger partial charge in [-0.25, -0.2) is 0 Å². The van der Waals surface area contributed by atoms with Gasteiger partial charge in [-0.3, -0.25) is 4.90 Å². The second-order valence-electron chi connectivity index (χ2n) is 7.57. The van der Waals surface area contributed by atoms with Gasteiger partial charge in [-0.1, -0.05) is 32.6 Å². The number of nitrogens with zero attached hydrogens (tertiary/aromatic N) is 2. The van der Waals surface area contributed by atoms with Crippen LogP contribution >= 0.6 is 0 Å². The third-order valence-corrected chi connectivity index (χ3v) is 5.75. The van der Waals surface area contributed by atoms with Crippen LogP contribution in [0.4, 0.5) is 0 Å². The van der Waals surface area contributed by atoms with Crippen molar-refractivity contribution in [2.75, 3.05) is 46.8 Å². The summed E-state index contributed by atoms with van der Waals surface area (Å²) < 4.78 is 0. The van der Waals surface area contributed by atoms with Gasteiger partial charge in [0.15, 0.2) is 0 Å². The van der Waals surface area contributed by atoms with Crippen molar-refractivity contribution < 1.29 is 0 Å². The quantitative estimate of drug-likeness (QED) is 0.729. The van der Waals surface area contributed by atoms with Gasteiger partial charge in [-0.15, -0.1) is 0 Å². The van der Waals surface area contributed by atoms with Crippen LogP contribution in [-0.4, -0.2) is 62.7 Å². The number of rotatable bonds is 7. The molecular formula is C18H37N3. The lowest BCUT2D eigenvalue weighted by atomic mass is 9.79. The van der Waals surface area contributed by atoms with E-state index in [0.29, 0.717) is 5.41 Å². The van der Waals surface area contributed by atoms with Crippen LogP contribution in [0.1, 0.15) is 58.3 Å². The number of hydrogen-bond donors (Lipinski definition) is 1. The molecule has 1 atom stereocenters. The third-order valence-electron chi connectivity index (χ3n) is 5.75. The summed E-state index contributed by atoms with van der Waals surface area (Å²) in [7, 11) is 4.48. The second kappa shape index (κ2) is 8.50. The Hall–Kier alpha value is -0.120. The van der Waals surface area contributed by atoms with Crippen molar-refractivity contribution in [3.63, 3.8) is 0 Å². The van der Waals surface area contributed by atoms with E-state index in [-0.39, 0.29) is 0 Å². The maximum atomic E-state index is 3.49. The van der Waals surface area contributed by atoms with E-state index in [4.69, 9.17) is 0 Å². The average Bonchev–Trinajstić information content (AvgIpc) is 2.77. The Labute approximate surface area is 132 Å². The van der Waals surface area contributed by atoms with E-state index in [1.165, 1.54) is 84.1 Å². The molecule has 1 aliphatic heterocycles. The van der Waals surface area contributed by atoms with Crippen LogP contribution in [0.2, 0.25) is 0 Å². The van der Waals surface area contributed by atoms with Gasteiger partial charge < -0.3 is 10.2 Å². The minimum absolute atomic E-state index is 0.523. The minimum Gasteiger partial charge on any atom is -0.319 e. The van der Waals surface area contributed by atoms with Crippen LogP contribution in [0.3, 0.4) is 0 Å². The largest absolute Gasteiger partial charge is 0.319 e. The standard InChI is InChI=1S/C18H37N3/c1-4-21-13-9-10-17(21)14-20(3)16-18(15-19-2)11-7-5-6-8-12-18/h17,19H,4-16H2,1-3H3. The van der Waals surface area contributed by atoms with Crippen molar-refractivity contribution in [1.82, 2.24) is 15.1 Å². The fourth-order valence-corrected chi connectivity index (χ4v) is 4.76. The molecule has 3 heteroatoms. The minimum atomic E-state index is 0.523. The molecule has 1 aliphatic carbocycles. The van der Waals surface area contributed by atoms with Gasteiger partial charge in [0.1, 0.15) is 0 Å². The summed E-state index contributed by atoms with van der Waals surface area (Å²) in [5.41, 5.74) is 0.523. The molecule has 1 saturated carbocycles. The zero-order valence-corrected chi connectivity index (χ0v) is 14.7. The normalized spacial score (nSPS) is 27.1. The molecule has 0 aromatic carbocycles. The van der Waals surface area contributed by atoms with E-state index in [1.807, 2.05) is 0 Å². The van der Waals surface area contributed by atoms with Gasteiger partial charge >= 0.3 is 0 Å². The number of nitrogens with one attached hydrogen (secondary N) is 1. The van der Waals surface area contributed by atoms with Gasteiger partial charge in [0.2, 0.25) is 0 Å². The molecule has 21 heavy (non-hydrogen) atoms. The van der Waals surface area contributed by atoms with E-state index >= 15 is 0 Å². The van der Waals surface area contributed by atoms with Crippen LogP contribution in [0.5, 0.6) is 0 Å². The Morgan fingerprint density at radius 2 is 1.86 bits per heavy atom. The highest BCUT2D eigenvalue weighted by atomic mass is 15.2. The highest BCUT2D eigenvalue weighted by Gasteiger charge is 2.33. The Morgan fingerprint density at radius 3 is 2.48 bits per heavy atom. The Morgan fingerprint density at radius 1 is 1.14 bits per heavy atom. The van der Waals surface area contributed by atoms with Crippen LogP contribution < -0.4 is 5.32 Å². The van der Waals surface area contributed by atoms with Crippen molar-refractivity contribution >= 4 is 0 Å². The third kappa shape index (κ3) is 4.94. The lowest BCUT2D eigenvalue weighted by Gasteiger charge is -2.38. The summed E-state index contributed by atoms with van der Waals surface area (Å²) in [5.74, 6) is 0. The highest BCUT2D eigenvalue weighted by molar-refractivity contribution is 4.88. The molecular weight excluding hydrogens is 258 g/mol. The first kappa shape index (κ1) is 17.2. The summed E-state index contributed by atoms with van der Waals surface area (Å²) in [6.45, 7) is 8.59. The summed E-state index contributed by atoms with van der Waals surface area (Å²) >= 11 is 0.